The molecule has 1 saturated heterocycles. The number of nitrogens with zero attached hydrogens (tertiary/aromatic N) is 6. The molecule has 2 aliphatic rings. The molecular formula is C29H34N6O. The number of rotatable bonds is 5. The molecule has 2 fully saturated rings. The maximum absolute atomic E-state index is 13.4. The van der Waals surface area contributed by atoms with Gasteiger partial charge < -0.3 is 9.80 Å². The highest BCUT2D eigenvalue weighted by Crippen LogP contribution is 2.35. The lowest BCUT2D eigenvalue weighted by Crippen LogP contribution is -2.50. The molecule has 1 atom stereocenters. The van der Waals surface area contributed by atoms with Crippen LogP contribution in [-0.4, -0.2) is 56.6 Å². The molecule has 2 aromatic carbocycles. The summed E-state index contributed by atoms with van der Waals surface area (Å²) in [5.41, 5.74) is 2.94. The van der Waals surface area contributed by atoms with Crippen LogP contribution >= 0.6 is 0 Å². The zero-order chi connectivity index (χ0) is 24.5. The fourth-order valence-corrected chi connectivity index (χ4v) is 6.01. The third-order valence-electron chi connectivity index (χ3n) is 8.01. The SMILES string of the molecule is CCC(C(=O)N1CCN(c2nc3ccccc3c3nnc(C4CCCCC4)n23)CC1)c1ccccc1. The van der Waals surface area contributed by atoms with Crippen LogP contribution in [0.15, 0.2) is 54.6 Å². The number of fused-ring (bicyclic) bond motifs is 3. The van der Waals surface area contributed by atoms with Crippen LogP contribution in [0.25, 0.3) is 16.6 Å². The third-order valence-corrected chi connectivity index (χ3v) is 8.01. The number of hydrogen-bond donors (Lipinski definition) is 0. The van der Waals surface area contributed by atoms with Gasteiger partial charge in [0.15, 0.2) is 5.65 Å². The van der Waals surface area contributed by atoms with Gasteiger partial charge in [0.25, 0.3) is 0 Å². The number of aromatic nitrogens is 4. The first-order valence-corrected chi connectivity index (χ1v) is 13.5. The van der Waals surface area contributed by atoms with Crippen molar-refractivity contribution in [2.24, 2.45) is 0 Å². The monoisotopic (exact) mass is 482 g/mol. The first-order chi connectivity index (χ1) is 17.7. The molecule has 1 saturated carbocycles. The lowest BCUT2D eigenvalue weighted by atomic mass is 9.89. The Morgan fingerprint density at radius 2 is 1.64 bits per heavy atom. The van der Waals surface area contributed by atoms with Gasteiger partial charge in [-0.3, -0.25) is 4.79 Å². The summed E-state index contributed by atoms with van der Waals surface area (Å²) in [5.74, 6) is 2.53. The Balaban J connectivity index is 1.30. The number of hydrogen-bond acceptors (Lipinski definition) is 5. The van der Waals surface area contributed by atoms with Gasteiger partial charge in [-0.1, -0.05) is 68.7 Å². The number of carbonyl (C=O) groups is 1. The van der Waals surface area contributed by atoms with Crippen molar-refractivity contribution in [3.8, 4) is 0 Å². The summed E-state index contributed by atoms with van der Waals surface area (Å²) in [6.07, 6.45) is 6.92. The predicted octanol–water partition coefficient (Wildman–Crippen LogP) is 5.17. The van der Waals surface area contributed by atoms with Crippen molar-refractivity contribution >= 4 is 28.4 Å². The van der Waals surface area contributed by atoms with E-state index >= 15 is 0 Å². The molecule has 2 aromatic heterocycles. The molecule has 0 radical (unpaired) electrons. The number of carbonyl (C=O) groups excluding carboxylic acids is 1. The molecule has 0 N–H and O–H groups in total. The molecule has 7 heteroatoms. The van der Waals surface area contributed by atoms with Crippen molar-refractivity contribution in [2.45, 2.75) is 57.3 Å². The highest BCUT2D eigenvalue weighted by atomic mass is 16.2. The lowest BCUT2D eigenvalue weighted by molar-refractivity contribution is -0.133. The molecule has 36 heavy (non-hydrogen) atoms. The Bertz CT molecular complexity index is 1350. The van der Waals surface area contributed by atoms with Crippen molar-refractivity contribution in [3.63, 3.8) is 0 Å². The second kappa shape index (κ2) is 9.88. The van der Waals surface area contributed by atoms with E-state index in [1.165, 1.54) is 19.3 Å². The molecule has 6 rings (SSSR count). The number of para-hydroxylation sites is 1. The van der Waals surface area contributed by atoms with Crippen molar-refractivity contribution < 1.29 is 4.79 Å². The van der Waals surface area contributed by atoms with Gasteiger partial charge in [0, 0.05) is 37.5 Å². The van der Waals surface area contributed by atoms with Gasteiger partial charge >= 0.3 is 0 Å². The van der Waals surface area contributed by atoms with E-state index in [-0.39, 0.29) is 11.8 Å². The van der Waals surface area contributed by atoms with Crippen LogP contribution in [-0.2, 0) is 4.79 Å². The first kappa shape index (κ1) is 23.0. The highest BCUT2D eigenvalue weighted by molar-refractivity contribution is 5.92. The largest absolute Gasteiger partial charge is 0.339 e. The number of anilines is 1. The van der Waals surface area contributed by atoms with Crippen molar-refractivity contribution in [1.29, 1.82) is 0 Å². The second-order valence-electron chi connectivity index (χ2n) is 10.2. The zero-order valence-electron chi connectivity index (χ0n) is 21.0. The number of amides is 1. The molecule has 1 aliphatic heterocycles. The smallest absolute Gasteiger partial charge is 0.230 e. The molecule has 4 aromatic rings. The van der Waals surface area contributed by atoms with Crippen LogP contribution in [0.1, 0.15) is 68.7 Å². The van der Waals surface area contributed by atoms with E-state index in [0.717, 1.165) is 66.2 Å². The maximum atomic E-state index is 13.4. The van der Waals surface area contributed by atoms with E-state index in [1.54, 1.807) is 0 Å². The molecule has 186 valence electrons. The Hall–Kier alpha value is -3.48. The van der Waals surface area contributed by atoms with Crippen LogP contribution in [0.3, 0.4) is 0 Å². The molecule has 0 bridgehead atoms. The second-order valence-corrected chi connectivity index (χ2v) is 10.2. The van der Waals surface area contributed by atoms with Crippen LogP contribution in [0.4, 0.5) is 5.95 Å². The van der Waals surface area contributed by atoms with Gasteiger partial charge in [-0.15, -0.1) is 10.2 Å². The van der Waals surface area contributed by atoms with Gasteiger partial charge in [0.2, 0.25) is 11.9 Å². The van der Waals surface area contributed by atoms with Crippen LogP contribution in [0.2, 0.25) is 0 Å². The van der Waals surface area contributed by atoms with E-state index in [1.807, 2.05) is 35.2 Å². The van der Waals surface area contributed by atoms with Crippen LogP contribution < -0.4 is 4.90 Å². The van der Waals surface area contributed by atoms with Gasteiger partial charge in [0.1, 0.15) is 5.82 Å². The van der Waals surface area contributed by atoms with E-state index in [2.05, 4.69) is 45.6 Å². The van der Waals surface area contributed by atoms with Crippen molar-refractivity contribution in [3.05, 3.63) is 66.0 Å². The van der Waals surface area contributed by atoms with Gasteiger partial charge in [0.05, 0.1) is 11.4 Å². The predicted molar refractivity (Wildman–Crippen MR) is 142 cm³/mol. The normalized spacial score (nSPS) is 18.1. The van der Waals surface area contributed by atoms with Crippen molar-refractivity contribution in [1.82, 2.24) is 24.5 Å². The number of piperazine rings is 1. The maximum Gasteiger partial charge on any atom is 0.230 e. The summed E-state index contributed by atoms with van der Waals surface area (Å²) in [6.45, 7) is 4.98. The Morgan fingerprint density at radius 3 is 2.39 bits per heavy atom. The Kier molecular flexibility index (Phi) is 6.30. The molecule has 3 heterocycles. The molecule has 1 unspecified atom stereocenters. The van der Waals surface area contributed by atoms with Crippen LogP contribution in [0, 0.1) is 0 Å². The van der Waals surface area contributed by atoms with E-state index < -0.39 is 0 Å². The average Bonchev–Trinajstić information content (AvgIpc) is 3.40. The summed E-state index contributed by atoms with van der Waals surface area (Å²) in [4.78, 5) is 22.9. The summed E-state index contributed by atoms with van der Waals surface area (Å²) < 4.78 is 2.22. The highest BCUT2D eigenvalue weighted by Gasteiger charge is 2.30. The van der Waals surface area contributed by atoms with Gasteiger partial charge in [-0.05, 0) is 37.0 Å². The van der Waals surface area contributed by atoms with E-state index in [0.29, 0.717) is 19.0 Å². The van der Waals surface area contributed by atoms with Gasteiger partial charge in [-0.2, -0.15) is 0 Å². The molecular weight excluding hydrogens is 448 g/mol. The van der Waals surface area contributed by atoms with Crippen LogP contribution in [0.5, 0.6) is 0 Å². The van der Waals surface area contributed by atoms with E-state index in [9.17, 15) is 4.79 Å². The first-order valence-electron chi connectivity index (χ1n) is 13.5. The minimum atomic E-state index is -0.0843. The Morgan fingerprint density at radius 1 is 0.917 bits per heavy atom. The van der Waals surface area contributed by atoms with Crippen molar-refractivity contribution in [2.75, 3.05) is 31.1 Å². The lowest BCUT2D eigenvalue weighted by Gasteiger charge is -2.37. The molecule has 1 aliphatic carbocycles. The summed E-state index contributed by atoms with van der Waals surface area (Å²) in [5, 5.41) is 10.4. The molecule has 0 spiro atoms. The topological polar surface area (TPSA) is 66.6 Å². The minimum absolute atomic E-state index is 0.0843. The molecule has 1 amide bonds. The quantitative estimate of drug-likeness (QED) is 0.393. The average molecular weight is 483 g/mol. The Labute approximate surface area is 212 Å². The summed E-state index contributed by atoms with van der Waals surface area (Å²) >= 11 is 0. The minimum Gasteiger partial charge on any atom is -0.339 e. The zero-order valence-corrected chi connectivity index (χ0v) is 21.0. The van der Waals surface area contributed by atoms with Gasteiger partial charge in [-0.25, -0.2) is 9.38 Å². The summed E-state index contributed by atoms with van der Waals surface area (Å²) in [7, 11) is 0. The standard InChI is InChI=1S/C29H34N6O/c1-2-23(21-11-5-3-6-12-21)28(36)33-17-19-34(20-18-33)29-30-25-16-10-9-15-24(25)27-32-31-26(35(27)29)22-13-7-4-8-14-22/h3,5-6,9-12,15-16,22-23H,2,4,7-8,13-14,17-20H2,1H3. The fraction of sp³-hybridized carbons (Fsp3) is 0.448. The molecule has 7 nitrogen and oxygen atoms in total. The fourth-order valence-electron chi connectivity index (χ4n) is 6.01. The third kappa shape index (κ3) is 4.10. The number of benzene rings is 2. The summed E-state index contributed by atoms with van der Waals surface area (Å²) in [6, 6.07) is 18.4. The van der Waals surface area contributed by atoms with E-state index in [4.69, 9.17) is 10.1 Å².